The average Bonchev–Trinajstić information content (AvgIpc) is 2.19. The number of rotatable bonds is 1. The van der Waals surface area contributed by atoms with Crippen LogP contribution in [0.5, 0.6) is 0 Å². The molecule has 1 unspecified atom stereocenters. The second kappa shape index (κ2) is 3.57. The fraction of sp³-hybridized carbons (Fsp3) is 0.300. The van der Waals surface area contributed by atoms with Crippen LogP contribution in [0, 0.1) is 0 Å². The lowest BCUT2D eigenvalue weighted by Crippen LogP contribution is -2.33. The van der Waals surface area contributed by atoms with Gasteiger partial charge in [0.05, 0.1) is 11.6 Å². The van der Waals surface area contributed by atoms with Crippen LogP contribution in [0.2, 0.25) is 0 Å². The summed E-state index contributed by atoms with van der Waals surface area (Å²) in [6, 6.07) is 1.78. The van der Waals surface area contributed by atoms with Crippen LogP contribution in [0.4, 0.5) is 0 Å². The Bertz CT molecular complexity index is 361. The number of hydrogen-bond acceptors (Lipinski definition) is 3. The molecule has 0 bridgehead atoms. The van der Waals surface area contributed by atoms with Gasteiger partial charge in [0.25, 0.3) is 0 Å². The van der Waals surface area contributed by atoms with Crippen molar-refractivity contribution in [2.45, 2.75) is 18.8 Å². The fourth-order valence-electron chi connectivity index (χ4n) is 1.56. The molecule has 1 fully saturated rings. The van der Waals surface area contributed by atoms with E-state index < -0.39 is 0 Å². The topological polar surface area (TPSA) is 54.9 Å². The number of hydrogen-bond donors (Lipinski definition) is 1. The van der Waals surface area contributed by atoms with Gasteiger partial charge in [0.15, 0.2) is 0 Å². The molecule has 2 heterocycles. The van der Waals surface area contributed by atoms with Crippen molar-refractivity contribution in [3.63, 3.8) is 0 Å². The summed E-state index contributed by atoms with van der Waals surface area (Å²) in [5.41, 5.74) is 1.57. The van der Waals surface area contributed by atoms with Gasteiger partial charge >= 0.3 is 0 Å². The van der Waals surface area contributed by atoms with Crippen LogP contribution >= 0.6 is 0 Å². The average molecular weight is 189 g/mol. The molecule has 0 spiro atoms. The van der Waals surface area contributed by atoms with E-state index in [2.05, 4.69) is 21.9 Å². The summed E-state index contributed by atoms with van der Waals surface area (Å²) in [5.74, 6) is -0.163. The number of allylic oxidation sites excluding steroid dienone is 1. The van der Waals surface area contributed by atoms with Crippen LogP contribution < -0.4 is 5.32 Å². The minimum Gasteiger partial charge on any atom is -0.330 e. The van der Waals surface area contributed by atoms with E-state index in [1.54, 1.807) is 12.3 Å². The summed E-state index contributed by atoms with van der Waals surface area (Å²) in [7, 11) is 0. The van der Waals surface area contributed by atoms with Gasteiger partial charge in [-0.25, -0.2) is 9.97 Å². The Hall–Kier alpha value is -1.71. The van der Waals surface area contributed by atoms with Crippen molar-refractivity contribution >= 4 is 5.91 Å². The van der Waals surface area contributed by atoms with Crippen LogP contribution in [0.1, 0.15) is 24.5 Å². The first kappa shape index (κ1) is 8.87. The molecule has 4 heteroatoms. The Morgan fingerprint density at radius 3 is 3.07 bits per heavy atom. The molecule has 1 aromatic heterocycles. The van der Waals surface area contributed by atoms with Crippen molar-refractivity contribution in [3.05, 3.63) is 36.6 Å². The van der Waals surface area contributed by atoms with Gasteiger partial charge in [-0.1, -0.05) is 6.58 Å². The van der Waals surface area contributed by atoms with E-state index >= 15 is 0 Å². The summed E-state index contributed by atoms with van der Waals surface area (Å²) in [5, 5.41) is 2.73. The molecule has 4 nitrogen and oxygen atoms in total. The maximum atomic E-state index is 11.6. The molecule has 0 radical (unpaired) electrons. The summed E-state index contributed by atoms with van der Waals surface area (Å²) in [6.45, 7) is 3.73. The van der Waals surface area contributed by atoms with Gasteiger partial charge in [-0.05, 0) is 18.9 Å². The molecule has 1 aliphatic heterocycles. The third kappa shape index (κ3) is 1.64. The Kier molecular flexibility index (Phi) is 2.26. The fourth-order valence-corrected chi connectivity index (χ4v) is 1.56. The van der Waals surface area contributed by atoms with Crippen LogP contribution in [-0.4, -0.2) is 15.9 Å². The van der Waals surface area contributed by atoms with Gasteiger partial charge < -0.3 is 5.32 Å². The van der Waals surface area contributed by atoms with Crippen LogP contribution in [0.25, 0.3) is 0 Å². The van der Waals surface area contributed by atoms with Crippen molar-refractivity contribution in [2.24, 2.45) is 0 Å². The molecule has 2 rings (SSSR count). The smallest absolute Gasteiger partial charge is 0.233 e. The zero-order chi connectivity index (χ0) is 9.97. The van der Waals surface area contributed by atoms with E-state index in [4.69, 9.17) is 0 Å². The highest BCUT2D eigenvalue weighted by Crippen LogP contribution is 2.24. The summed E-state index contributed by atoms with van der Waals surface area (Å²) >= 11 is 0. The van der Waals surface area contributed by atoms with Gasteiger partial charge in [-0.15, -0.1) is 0 Å². The van der Waals surface area contributed by atoms with Crippen LogP contribution in [0.3, 0.4) is 0 Å². The Labute approximate surface area is 82.1 Å². The monoisotopic (exact) mass is 189 g/mol. The van der Waals surface area contributed by atoms with E-state index in [1.165, 1.54) is 6.33 Å². The second-order valence-corrected chi connectivity index (χ2v) is 3.32. The highest BCUT2D eigenvalue weighted by atomic mass is 16.2. The maximum absolute atomic E-state index is 11.6. The molecule has 1 aliphatic rings. The van der Waals surface area contributed by atoms with Gasteiger partial charge in [-0.3, -0.25) is 4.79 Å². The van der Waals surface area contributed by atoms with E-state index in [-0.39, 0.29) is 11.8 Å². The van der Waals surface area contributed by atoms with Crippen molar-refractivity contribution in [2.75, 3.05) is 0 Å². The van der Waals surface area contributed by atoms with Gasteiger partial charge in [0.1, 0.15) is 6.33 Å². The minimum atomic E-state index is -0.150. The number of aromatic nitrogens is 2. The van der Waals surface area contributed by atoms with Gasteiger partial charge in [0, 0.05) is 11.9 Å². The molecule has 0 saturated carbocycles. The van der Waals surface area contributed by atoms with Gasteiger partial charge in [0.2, 0.25) is 5.91 Å². The second-order valence-electron chi connectivity index (χ2n) is 3.32. The normalized spacial score (nSPS) is 21.9. The van der Waals surface area contributed by atoms with Crippen molar-refractivity contribution in [1.29, 1.82) is 0 Å². The number of amides is 1. The van der Waals surface area contributed by atoms with Gasteiger partial charge in [-0.2, -0.15) is 0 Å². The molecular weight excluding hydrogens is 178 g/mol. The lowest BCUT2D eigenvalue weighted by atomic mass is 9.94. The first-order chi connectivity index (χ1) is 6.77. The number of nitrogens with zero attached hydrogens (tertiary/aromatic N) is 2. The van der Waals surface area contributed by atoms with E-state index in [9.17, 15) is 4.79 Å². The Balaban J connectivity index is 2.20. The summed E-state index contributed by atoms with van der Waals surface area (Å²) in [4.78, 5) is 19.5. The minimum absolute atomic E-state index is 0.0139. The maximum Gasteiger partial charge on any atom is 0.233 e. The standard InChI is InChI=1S/C10H11N3O/c1-7-2-3-8(10(14)13-7)9-4-5-11-6-12-9/h4-6,8H,1-3H2,(H,13,14). The van der Waals surface area contributed by atoms with E-state index in [0.29, 0.717) is 0 Å². The highest BCUT2D eigenvalue weighted by Gasteiger charge is 2.26. The molecule has 1 saturated heterocycles. The highest BCUT2D eigenvalue weighted by molar-refractivity contribution is 5.85. The third-order valence-electron chi connectivity index (χ3n) is 2.31. The van der Waals surface area contributed by atoms with E-state index in [0.717, 1.165) is 24.2 Å². The molecule has 0 aliphatic carbocycles. The first-order valence-corrected chi connectivity index (χ1v) is 4.52. The largest absolute Gasteiger partial charge is 0.330 e. The molecule has 0 aromatic carbocycles. The van der Waals surface area contributed by atoms with Crippen LogP contribution in [0.15, 0.2) is 30.9 Å². The number of piperidine rings is 1. The van der Waals surface area contributed by atoms with Crippen LogP contribution in [-0.2, 0) is 4.79 Å². The van der Waals surface area contributed by atoms with Crippen molar-refractivity contribution < 1.29 is 4.79 Å². The third-order valence-corrected chi connectivity index (χ3v) is 2.31. The Morgan fingerprint density at radius 2 is 2.43 bits per heavy atom. The number of carbonyl (C=O) groups is 1. The van der Waals surface area contributed by atoms with E-state index in [1.807, 2.05) is 0 Å². The molecule has 14 heavy (non-hydrogen) atoms. The quantitative estimate of drug-likeness (QED) is 0.716. The lowest BCUT2D eigenvalue weighted by Gasteiger charge is -2.22. The van der Waals surface area contributed by atoms with Crippen molar-refractivity contribution in [3.8, 4) is 0 Å². The number of nitrogens with one attached hydrogen (secondary N) is 1. The zero-order valence-corrected chi connectivity index (χ0v) is 7.73. The predicted octanol–water partition coefficient (Wildman–Crippen LogP) is 0.984. The molecule has 1 amide bonds. The summed E-state index contributed by atoms with van der Waals surface area (Å²) in [6.07, 6.45) is 4.72. The van der Waals surface area contributed by atoms with Crippen molar-refractivity contribution in [1.82, 2.24) is 15.3 Å². The molecule has 1 N–H and O–H groups in total. The SMILES string of the molecule is C=C1CCC(c2ccncn2)C(=O)N1. The first-order valence-electron chi connectivity index (χ1n) is 4.52. The molecular formula is C10H11N3O. The molecule has 1 atom stereocenters. The molecule has 1 aromatic rings. The zero-order valence-electron chi connectivity index (χ0n) is 7.73. The molecule has 72 valence electrons. The predicted molar refractivity (Wildman–Crippen MR) is 51.3 cm³/mol. The Morgan fingerprint density at radius 1 is 1.57 bits per heavy atom. The number of carbonyl (C=O) groups excluding carboxylic acids is 1. The summed E-state index contributed by atoms with van der Waals surface area (Å²) < 4.78 is 0. The lowest BCUT2D eigenvalue weighted by molar-refractivity contribution is -0.122.